The molecule has 2 rings (SSSR count). The number of ketones is 1. The van der Waals surface area contributed by atoms with Crippen LogP contribution in [0, 0.1) is 11.8 Å². The Morgan fingerprint density at radius 1 is 1.16 bits per heavy atom. The van der Waals surface area contributed by atoms with Gasteiger partial charge in [0.25, 0.3) is 0 Å². The maximum atomic E-state index is 12.7. The number of nitrogens with two attached hydrogens (primary N) is 1. The Morgan fingerprint density at radius 3 is 2.20 bits per heavy atom. The first-order valence-electron chi connectivity index (χ1n) is 9.35. The van der Waals surface area contributed by atoms with Gasteiger partial charge in [-0.1, -0.05) is 38.1 Å². The molecule has 0 saturated carbocycles. The van der Waals surface area contributed by atoms with Gasteiger partial charge in [-0.15, -0.1) is 0 Å². The van der Waals surface area contributed by atoms with Crippen molar-refractivity contribution in [3.8, 4) is 0 Å². The van der Waals surface area contributed by atoms with Crippen molar-refractivity contribution in [3.63, 3.8) is 0 Å². The monoisotopic (exact) mass is 344 g/mol. The molecule has 25 heavy (non-hydrogen) atoms. The van der Waals surface area contributed by atoms with E-state index in [4.69, 9.17) is 5.73 Å². The number of benzene rings is 1. The Hall–Kier alpha value is -1.68. The number of carbonyl (C=O) groups is 2. The Morgan fingerprint density at radius 2 is 1.72 bits per heavy atom. The van der Waals surface area contributed by atoms with Gasteiger partial charge in [-0.3, -0.25) is 9.59 Å². The van der Waals surface area contributed by atoms with E-state index in [0.29, 0.717) is 25.4 Å². The molecule has 0 spiro atoms. The summed E-state index contributed by atoms with van der Waals surface area (Å²) in [5.74, 6) is 0.937. The predicted octanol–water partition coefficient (Wildman–Crippen LogP) is 3.43. The van der Waals surface area contributed by atoms with E-state index in [1.54, 1.807) is 0 Å². The van der Waals surface area contributed by atoms with Crippen LogP contribution in [0.15, 0.2) is 24.3 Å². The maximum Gasteiger partial charge on any atom is 0.224 e. The molecule has 1 amide bonds. The molecule has 0 radical (unpaired) electrons. The SMILES string of the molecule is CC(C)Cc1ccc(C(=O)C2CCN(C(=O)CC(C)(C)N)CC2)cc1. The molecule has 4 nitrogen and oxygen atoms in total. The van der Waals surface area contributed by atoms with E-state index in [1.165, 1.54) is 5.56 Å². The molecule has 0 unspecified atom stereocenters. The third-order valence-electron chi connectivity index (χ3n) is 4.71. The van der Waals surface area contributed by atoms with Crippen LogP contribution in [0.4, 0.5) is 0 Å². The molecule has 0 atom stereocenters. The van der Waals surface area contributed by atoms with Crippen LogP contribution in [-0.4, -0.2) is 35.2 Å². The van der Waals surface area contributed by atoms with Crippen LogP contribution in [0.3, 0.4) is 0 Å². The zero-order valence-corrected chi connectivity index (χ0v) is 16.0. The highest BCUT2D eigenvalue weighted by atomic mass is 16.2. The van der Waals surface area contributed by atoms with Crippen LogP contribution in [0.1, 0.15) is 62.9 Å². The smallest absolute Gasteiger partial charge is 0.224 e. The number of Topliss-reactive ketones (excluding diaryl/α,β-unsaturated/α-hetero) is 1. The van der Waals surface area contributed by atoms with Gasteiger partial charge in [0.1, 0.15) is 0 Å². The summed E-state index contributed by atoms with van der Waals surface area (Å²) >= 11 is 0. The maximum absolute atomic E-state index is 12.7. The molecule has 0 aromatic heterocycles. The van der Waals surface area contributed by atoms with E-state index in [-0.39, 0.29) is 17.6 Å². The summed E-state index contributed by atoms with van der Waals surface area (Å²) in [6.45, 7) is 9.42. The Balaban J connectivity index is 1.89. The van der Waals surface area contributed by atoms with Gasteiger partial charge in [-0.25, -0.2) is 0 Å². The fourth-order valence-electron chi connectivity index (χ4n) is 3.40. The van der Waals surface area contributed by atoms with Crippen molar-refractivity contribution in [3.05, 3.63) is 35.4 Å². The van der Waals surface area contributed by atoms with Crippen LogP contribution in [-0.2, 0) is 11.2 Å². The van der Waals surface area contributed by atoms with Crippen molar-refractivity contribution in [2.24, 2.45) is 17.6 Å². The van der Waals surface area contributed by atoms with Gasteiger partial charge >= 0.3 is 0 Å². The molecule has 4 heteroatoms. The lowest BCUT2D eigenvalue weighted by molar-refractivity contribution is -0.133. The van der Waals surface area contributed by atoms with Crippen molar-refractivity contribution < 1.29 is 9.59 Å². The molecular formula is C21H32N2O2. The van der Waals surface area contributed by atoms with E-state index < -0.39 is 5.54 Å². The summed E-state index contributed by atoms with van der Waals surface area (Å²) in [4.78, 5) is 26.8. The summed E-state index contributed by atoms with van der Waals surface area (Å²) in [5, 5.41) is 0. The minimum atomic E-state index is -0.485. The summed E-state index contributed by atoms with van der Waals surface area (Å²) in [6, 6.07) is 8.04. The Kier molecular flexibility index (Phi) is 6.39. The molecule has 1 aliphatic heterocycles. The molecule has 1 aliphatic rings. The van der Waals surface area contributed by atoms with E-state index in [9.17, 15) is 9.59 Å². The molecule has 138 valence electrons. The highest BCUT2D eigenvalue weighted by molar-refractivity contribution is 5.98. The lowest BCUT2D eigenvalue weighted by atomic mass is 9.88. The lowest BCUT2D eigenvalue weighted by Crippen LogP contribution is -2.45. The van der Waals surface area contributed by atoms with Crippen LogP contribution >= 0.6 is 0 Å². The molecular weight excluding hydrogens is 312 g/mol. The van der Waals surface area contributed by atoms with E-state index >= 15 is 0 Å². The molecule has 0 aliphatic carbocycles. The number of carbonyl (C=O) groups excluding carboxylic acids is 2. The lowest BCUT2D eigenvalue weighted by Gasteiger charge is -2.33. The summed E-state index contributed by atoms with van der Waals surface area (Å²) in [5.41, 5.74) is 7.52. The van der Waals surface area contributed by atoms with E-state index in [2.05, 4.69) is 26.0 Å². The largest absolute Gasteiger partial charge is 0.343 e. The number of hydrogen-bond donors (Lipinski definition) is 1. The first-order chi connectivity index (χ1) is 11.7. The normalized spacial score (nSPS) is 16.3. The summed E-state index contributed by atoms with van der Waals surface area (Å²) in [6.07, 6.45) is 2.86. The summed E-state index contributed by atoms with van der Waals surface area (Å²) < 4.78 is 0. The van der Waals surface area contributed by atoms with Gasteiger partial charge in [0.2, 0.25) is 5.91 Å². The van der Waals surface area contributed by atoms with Crippen molar-refractivity contribution >= 4 is 11.7 Å². The van der Waals surface area contributed by atoms with Crippen LogP contribution < -0.4 is 5.73 Å². The molecule has 1 saturated heterocycles. The number of nitrogens with zero attached hydrogens (tertiary/aromatic N) is 1. The number of likely N-dealkylation sites (tertiary alicyclic amines) is 1. The van der Waals surface area contributed by atoms with Crippen LogP contribution in [0.25, 0.3) is 0 Å². The third kappa shape index (κ3) is 5.96. The highest BCUT2D eigenvalue weighted by Gasteiger charge is 2.29. The predicted molar refractivity (Wildman–Crippen MR) is 102 cm³/mol. The topological polar surface area (TPSA) is 63.4 Å². The first kappa shape index (κ1) is 19.6. The number of amides is 1. The van der Waals surface area contributed by atoms with Gasteiger partial charge in [0, 0.05) is 36.5 Å². The zero-order chi connectivity index (χ0) is 18.6. The quantitative estimate of drug-likeness (QED) is 0.804. The minimum absolute atomic E-state index is 0.0193. The van der Waals surface area contributed by atoms with Gasteiger partial charge in [-0.2, -0.15) is 0 Å². The average Bonchev–Trinajstić information content (AvgIpc) is 2.53. The average molecular weight is 344 g/mol. The van der Waals surface area contributed by atoms with Crippen LogP contribution in [0.2, 0.25) is 0 Å². The van der Waals surface area contributed by atoms with Crippen molar-refractivity contribution in [1.82, 2.24) is 4.90 Å². The molecule has 1 heterocycles. The fourth-order valence-corrected chi connectivity index (χ4v) is 3.40. The minimum Gasteiger partial charge on any atom is -0.343 e. The number of hydrogen-bond acceptors (Lipinski definition) is 3. The number of rotatable bonds is 6. The van der Waals surface area contributed by atoms with Crippen molar-refractivity contribution in [1.29, 1.82) is 0 Å². The van der Waals surface area contributed by atoms with Crippen molar-refractivity contribution in [2.45, 2.75) is 58.9 Å². The first-order valence-corrected chi connectivity index (χ1v) is 9.35. The van der Waals surface area contributed by atoms with Gasteiger partial charge in [0.05, 0.1) is 0 Å². The Bertz CT molecular complexity index is 591. The van der Waals surface area contributed by atoms with E-state index in [1.807, 2.05) is 30.9 Å². The fraction of sp³-hybridized carbons (Fsp3) is 0.619. The Labute approximate surface area is 151 Å². The zero-order valence-electron chi connectivity index (χ0n) is 16.0. The molecule has 0 bridgehead atoms. The van der Waals surface area contributed by atoms with Gasteiger partial charge in [0.15, 0.2) is 5.78 Å². The second-order valence-electron chi connectivity index (χ2n) is 8.48. The van der Waals surface area contributed by atoms with Crippen LogP contribution in [0.5, 0.6) is 0 Å². The standard InChI is InChI=1S/C21H32N2O2/c1-15(2)13-16-5-7-17(8-6-16)20(25)18-9-11-23(12-10-18)19(24)14-21(3,4)22/h5-8,15,18H,9-14,22H2,1-4H3. The van der Waals surface area contributed by atoms with Gasteiger partial charge in [-0.05, 0) is 44.6 Å². The second kappa shape index (κ2) is 8.13. The molecule has 1 aromatic rings. The van der Waals surface area contributed by atoms with Gasteiger partial charge < -0.3 is 10.6 Å². The highest BCUT2D eigenvalue weighted by Crippen LogP contribution is 2.23. The number of piperidine rings is 1. The molecule has 2 N–H and O–H groups in total. The molecule has 1 fully saturated rings. The summed E-state index contributed by atoms with van der Waals surface area (Å²) in [7, 11) is 0. The third-order valence-corrected chi connectivity index (χ3v) is 4.71. The van der Waals surface area contributed by atoms with E-state index in [0.717, 1.165) is 24.8 Å². The van der Waals surface area contributed by atoms with Crippen molar-refractivity contribution in [2.75, 3.05) is 13.1 Å². The molecule has 1 aromatic carbocycles. The second-order valence-corrected chi connectivity index (χ2v) is 8.48.